The van der Waals surface area contributed by atoms with Gasteiger partial charge in [0.2, 0.25) is 0 Å². The van der Waals surface area contributed by atoms with Gasteiger partial charge in [0.1, 0.15) is 0 Å². The molecule has 2 aromatic rings. The van der Waals surface area contributed by atoms with Crippen molar-refractivity contribution in [2.24, 2.45) is 7.05 Å². The second-order valence-corrected chi connectivity index (χ2v) is 4.38. The number of hydrogen-bond acceptors (Lipinski definition) is 2. The zero-order valence-electron chi connectivity index (χ0n) is 10.6. The molecule has 0 radical (unpaired) electrons. The monoisotopic (exact) mass is 232 g/mol. The van der Waals surface area contributed by atoms with Gasteiger partial charge in [0, 0.05) is 50.8 Å². The number of hydrogen-bond donors (Lipinski definition) is 1. The fourth-order valence-electron chi connectivity index (χ4n) is 1.91. The van der Waals surface area contributed by atoms with Crippen LogP contribution in [0.25, 0.3) is 0 Å². The van der Waals surface area contributed by atoms with E-state index < -0.39 is 0 Å². The van der Waals surface area contributed by atoms with Crippen molar-refractivity contribution in [3.8, 4) is 0 Å². The van der Waals surface area contributed by atoms with Crippen molar-refractivity contribution >= 4 is 0 Å². The molecule has 2 rings (SSSR count). The average Bonchev–Trinajstić information content (AvgIpc) is 2.89. The largest absolute Gasteiger partial charge is 0.354 e. The van der Waals surface area contributed by atoms with Crippen molar-refractivity contribution < 1.29 is 0 Å². The van der Waals surface area contributed by atoms with Crippen LogP contribution in [0.15, 0.2) is 30.9 Å². The summed E-state index contributed by atoms with van der Waals surface area (Å²) in [4.78, 5) is 0. The molecule has 4 nitrogen and oxygen atoms in total. The second-order valence-electron chi connectivity index (χ2n) is 4.38. The lowest BCUT2D eigenvalue weighted by atomic mass is 10.3. The molecule has 0 fully saturated rings. The molecule has 0 bridgehead atoms. The Morgan fingerprint density at radius 2 is 2.06 bits per heavy atom. The molecule has 4 heteroatoms. The van der Waals surface area contributed by atoms with Crippen molar-refractivity contribution in [1.82, 2.24) is 19.7 Å². The third-order valence-corrected chi connectivity index (χ3v) is 2.71. The van der Waals surface area contributed by atoms with Crippen molar-refractivity contribution in [3.05, 3.63) is 42.0 Å². The molecule has 0 spiro atoms. The molecular weight excluding hydrogens is 212 g/mol. The van der Waals surface area contributed by atoms with E-state index in [2.05, 4.69) is 40.4 Å². The maximum Gasteiger partial charge on any atom is 0.0534 e. The average molecular weight is 232 g/mol. The molecule has 92 valence electrons. The Bertz CT molecular complexity index is 455. The van der Waals surface area contributed by atoms with E-state index in [1.54, 1.807) is 0 Å². The summed E-state index contributed by atoms with van der Waals surface area (Å²) in [5, 5.41) is 7.56. The van der Waals surface area contributed by atoms with Crippen molar-refractivity contribution in [3.63, 3.8) is 0 Å². The topological polar surface area (TPSA) is 34.8 Å². The Kier molecular flexibility index (Phi) is 3.98. The van der Waals surface area contributed by atoms with Crippen LogP contribution in [0.3, 0.4) is 0 Å². The first kappa shape index (κ1) is 11.9. The molecule has 0 aliphatic rings. The Morgan fingerprint density at radius 1 is 1.24 bits per heavy atom. The van der Waals surface area contributed by atoms with E-state index in [1.807, 2.05) is 24.1 Å². The van der Waals surface area contributed by atoms with Gasteiger partial charge in [0.25, 0.3) is 0 Å². The van der Waals surface area contributed by atoms with Gasteiger partial charge in [0.05, 0.1) is 6.20 Å². The Hall–Kier alpha value is -1.55. The van der Waals surface area contributed by atoms with Crippen LogP contribution < -0.4 is 5.32 Å². The fraction of sp³-hybridized carbons (Fsp3) is 0.462. The molecule has 17 heavy (non-hydrogen) atoms. The van der Waals surface area contributed by atoms with Crippen LogP contribution in [-0.2, 0) is 26.7 Å². The summed E-state index contributed by atoms with van der Waals surface area (Å²) in [7, 11) is 1.94. The van der Waals surface area contributed by atoms with Crippen molar-refractivity contribution in [1.29, 1.82) is 0 Å². The van der Waals surface area contributed by atoms with Gasteiger partial charge >= 0.3 is 0 Å². The number of rotatable bonds is 6. The van der Waals surface area contributed by atoms with E-state index in [4.69, 9.17) is 0 Å². The van der Waals surface area contributed by atoms with Gasteiger partial charge in [-0.3, -0.25) is 4.68 Å². The Labute approximate surface area is 102 Å². The normalized spacial score (nSPS) is 10.9. The minimum atomic E-state index is 0.868. The number of aromatic nitrogens is 3. The first-order chi connectivity index (χ1) is 8.28. The van der Waals surface area contributed by atoms with Crippen molar-refractivity contribution in [2.45, 2.75) is 33.0 Å². The highest BCUT2D eigenvalue weighted by Crippen LogP contribution is 2.03. The molecule has 0 saturated heterocycles. The predicted molar refractivity (Wildman–Crippen MR) is 68.5 cm³/mol. The summed E-state index contributed by atoms with van der Waals surface area (Å²) in [6.45, 7) is 5.07. The minimum Gasteiger partial charge on any atom is -0.354 e. The van der Waals surface area contributed by atoms with Crippen molar-refractivity contribution in [2.75, 3.05) is 0 Å². The minimum absolute atomic E-state index is 0.868. The zero-order valence-corrected chi connectivity index (χ0v) is 10.6. The predicted octanol–water partition coefficient (Wildman–Crippen LogP) is 1.92. The maximum absolute atomic E-state index is 4.14. The Balaban J connectivity index is 1.77. The summed E-state index contributed by atoms with van der Waals surface area (Å²) in [5.74, 6) is 0. The standard InChI is InChI=1S/C13H20N4/c1-3-5-17-6-4-12(11-17)7-14-8-13-9-15-16(2)10-13/h4,6,9-11,14H,3,5,7-8H2,1-2H3. The molecule has 0 unspecified atom stereocenters. The summed E-state index contributed by atoms with van der Waals surface area (Å²) in [6, 6.07) is 2.17. The van der Waals surface area contributed by atoms with Crippen LogP contribution in [-0.4, -0.2) is 14.3 Å². The highest BCUT2D eigenvalue weighted by molar-refractivity contribution is 5.10. The van der Waals surface area contributed by atoms with E-state index >= 15 is 0 Å². The lowest BCUT2D eigenvalue weighted by Gasteiger charge is -2.01. The number of nitrogens with zero attached hydrogens (tertiary/aromatic N) is 3. The van der Waals surface area contributed by atoms with Gasteiger partial charge in [-0.1, -0.05) is 6.92 Å². The maximum atomic E-state index is 4.14. The molecule has 0 aliphatic carbocycles. The molecule has 0 aliphatic heterocycles. The van der Waals surface area contributed by atoms with Crippen LogP contribution in [0.5, 0.6) is 0 Å². The van der Waals surface area contributed by atoms with Crippen LogP contribution in [0.4, 0.5) is 0 Å². The lowest BCUT2D eigenvalue weighted by molar-refractivity contribution is 0.668. The molecule has 1 N–H and O–H groups in total. The van der Waals surface area contributed by atoms with Gasteiger partial charge in [-0.15, -0.1) is 0 Å². The molecule has 0 aromatic carbocycles. The van der Waals surface area contributed by atoms with Crippen LogP contribution in [0, 0.1) is 0 Å². The smallest absolute Gasteiger partial charge is 0.0534 e. The number of aryl methyl sites for hydroxylation is 2. The summed E-state index contributed by atoms with van der Waals surface area (Å²) >= 11 is 0. The van der Waals surface area contributed by atoms with E-state index in [9.17, 15) is 0 Å². The summed E-state index contributed by atoms with van der Waals surface area (Å²) in [6.07, 6.45) is 9.46. The molecule has 0 atom stereocenters. The third kappa shape index (κ3) is 3.46. The first-order valence-electron chi connectivity index (χ1n) is 6.11. The zero-order chi connectivity index (χ0) is 12.1. The number of nitrogens with one attached hydrogen (secondary N) is 1. The lowest BCUT2D eigenvalue weighted by Crippen LogP contribution is -2.11. The van der Waals surface area contributed by atoms with E-state index in [-0.39, 0.29) is 0 Å². The molecule has 0 amide bonds. The molecule has 2 aromatic heterocycles. The van der Waals surface area contributed by atoms with Gasteiger partial charge in [-0.25, -0.2) is 0 Å². The second kappa shape index (κ2) is 5.68. The van der Waals surface area contributed by atoms with Gasteiger partial charge in [-0.05, 0) is 18.1 Å². The van der Waals surface area contributed by atoms with E-state index in [0.29, 0.717) is 0 Å². The Morgan fingerprint density at radius 3 is 2.76 bits per heavy atom. The van der Waals surface area contributed by atoms with E-state index in [1.165, 1.54) is 17.5 Å². The van der Waals surface area contributed by atoms with Gasteiger partial charge < -0.3 is 9.88 Å². The highest BCUT2D eigenvalue weighted by atomic mass is 15.2. The SMILES string of the molecule is CCCn1ccc(CNCc2cnn(C)c2)c1. The third-order valence-electron chi connectivity index (χ3n) is 2.71. The fourth-order valence-corrected chi connectivity index (χ4v) is 1.91. The van der Waals surface area contributed by atoms with Gasteiger partial charge in [-0.2, -0.15) is 5.10 Å². The summed E-state index contributed by atoms with van der Waals surface area (Å²) in [5.41, 5.74) is 2.56. The highest BCUT2D eigenvalue weighted by Gasteiger charge is 1.98. The first-order valence-corrected chi connectivity index (χ1v) is 6.11. The van der Waals surface area contributed by atoms with Gasteiger partial charge in [0.15, 0.2) is 0 Å². The summed E-state index contributed by atoms with van der Waals surface area (Å²) < 4.78 is 4.07. The quantitative estimate of drug-likeness (QED) is 0.825. The van der Waals surface area contributed by atoms with Crippen LogP contribution >= 0.6 is 0 Å². The van der Waals surface area contributed by atoms with Crippen LogP contribution in [0.1, 0.15) is 24.5 Å². The molecular formula is C13H20N4. The van der Waals surface area contributed by atoms with E-state index in [0.717, 1.165) is 19.6 Å². The van der Waals surface area contributed by atoms with Crippen LogP contribution in [0.2, 0.25) is 0 Å². The molecule has 2 heterocycles. The molecule has 0 saturated carbocycles.